The van der Waals surface area contributed by atoms with Crippen molar-refractivity contribution in [2.75, 3.05) is 13.6 Å². The van der Waals surface area contributed by atoms with Gasteiger partial charge in [-0.1, -0.05) is 0 Å². The Hall–Kier alpha value is -0.700. The number of hydrogen-bond donors (Lipinski definition) is 2. The summed E-state index contributed by atoms with van der Waals surface area (Å²) >= 11 is 0. The van der Waals surface area contributed by atoms with Crippen molar-refractivity contribution >= 4 is 12.0 Å². The van der Waals surface area contributed by atoms with Gasteiger partial charge in [0.15, 0.2) is 6.29 Å². The molecule has 0 aliphatic rings. The van der Waals surface area contributed by atoms with Crippen molar-refractivity contribution in [3.63, 3.8) is 0 Å². The second kappa shape index (κ2) is 4.46. The predicted molar refractivity (Wildman–Crippen MR) is 32.3 cm³/mol. The first-order chi connectivity index (χ1) is 3.81. The maximum Gasteiger partial charge on any atom is 0.163 e. The van der Waals surface area contributed by atoms with Crippen LogP contribution in [-0.2, 0) is 4.79 Å². The summed E-state index contributed by atoms with van der Waals surface area (Å²) in [6.07, 6.45) is 1.09. The van der Waals surface area contributed by atoms with Crippen LogP contribution in [0, 0.1) is 5.41 Å². The van der Waals surface area contributed by atoms with Gasteiger partial charge in [-0.2, -0.15) is 0 Å². The first kappa shape index (κ1) is 7.30. The molecule has 0 saturated heterocycles. The molecule has 3 nitrogen and oxygen atoms in total. The Labute approximate surface area is 48.6 Å². The van der Waals surface area contributed by atoms with Gasteiger partial charge in [-0.15, -0.1) is 0 Å². The van der Waals surface area contributed by atoms with E-state index in [1.807, 2.05) is 0 Å². The molecule has 0 fully saturated rings. The Morgan fingerprint density at radius 3 is 2.88 bits per heavy atom. The van der Waals surface area contributed by atoms with E-state index in [0.29, 0.717) is 19.3 Å². The molecule has 3 heteroatoms. The number of hydrogen-bond acceptors (Lipinski definition) is 3. The van der Waals surface area contributed by atoms with Crippen LogP contribution in [0.2, 0.25) is 0 Å². The van der Waals surface area contributed by atoms with E-state index in [-0.39, 0.29) is 5.71 Å². The highest BCUT2D eigenvalue weighted by Crippen LogP contribution is 1.74. The summed E-state index contributed by atoms with van der Waals surface area (Å²) in [6, 6.07) is 0. The lowest BCUT2D eigenvalue weighted by Crippen LogP contribution is -2.12. The molecule has 0 amide bonds. The molecule has 0 saturated carbocycles. The highest BCUT2D eigenvalue weighted by atomic mass is 16.1. The fourth-order valence-electron chi connectivity index (χ4n) is 0.319. The summed E-state index contributed by atoms with van der Waals surface area (Å²) in [5, 5.41) is 9.67. The molecule has 0 aromatic heterocycles. The first-order valence-electron chi connectivity index (χ1n) is 2.48. The molecule has 0 aromatic carbocycles. The molecular formula is C5H10N2O. The minimum absolute atomic E-state index is 0.152. The monoisotopic (exact) mass is 114 g/mol. The molecule has 0 rings (SSSR count). The van der Waals surface area contributed by atoms with E-state index in [9.17, 15) is 4.79 Å². The third kappa shape index (κ3) is 3.49. The van der Waals surface area contributed by atoms with E-state index in [2.05, 4.69) is 5.32 Å². The molecular weight excluding hydrogens is 104 g/mol. The zero-order valence-electron chi connectivity index (χ0n) is 4.90. The Bertz CT molecular complexity index is 90.4. The Morgan fingerprint density at radius 2 is 2.50 bits per heavy atom. The number of rotatable bonds is 4. The molecule has 8 heavy (non-hydrogen) atoms. The van der Waals surface area contributed by atoms with Crippen LogP contribution in [0.5, 0.6) is 0 Å². The molecule has 0 bridgehead atoms. The Morgan fingerprint density at radius 1 is 1.88 bits per heavy atom. The molecule has 0 aliphatic heterocycles. The van der Waals surface area contributed by atoms with Crippen LogP contribution in [0.1, 0.15) is 6.42 Å². The van der Waals surface area contributed by atoms with Gasteiger partial charge in [-0.05, 0) is 7.05 Å². The zero-order chi connectivity index (χ0) is 6.41. The third-order valence-electron chi connectivity index (χ3n) is 0.787. The van der Waals surface area contributed by atoms with Crippen molar-refractivity contribution in [1.29, 1.82) is 5.41 Å². The summed E-state index contributed by atoms with van der Waals surface area (Å²) in [7, 11) is 1.79. The second-order valence-corrected chi connectivity index (χ2v) is 1.50. The van der Waals surface area contributed by atoms with Gasteiger partial charge in [0.1, 0.15) is 0 Å². The number of carbonyl (C=O) groups is 1. The smallest absolute Gasteiger partial charge is 0.163 e. The first-order valence-corrected chi connectivity index (χ1v) is 2.48. The van der Waals surface area contributed by atoms with Crippen LogP contribution in [0.25, 0.3) is 0 Å². The summed E-state index contributed by atoms with van der Waals surface area (Å²) in [6.45, 7) is 0.706. The standard InChI is InChI=1S/C5H10N2O/c1-7-3-2-5(6)4-8/h4,6-7H,2-3H2,1H3. The van der Waals surface area contributed by atoms with Gasteiger partial charge in [0.05, 0.1) is 5.71 Å². The molecule has 0 aliphatic carbocycles. The topological polar surface area (TPSA) is 53.0 Å². The van der Waals surface area contributed by atoms with E-state index in [4.69, 9.17) is 5.41 Å². The summed E-state index contributed by atoms with van der Waals surface area (Å²) in [4.78, 5) is 9.76. The van der Waals surface area contributed by atoms with Crippen LogP contribution < -0.4 is 5.32 Å². The molecule has 0 aromatic rings. The molecule has 0 heterocycles. The van der Waals surface area contributed by atoms with Crippen molar-refractivity contribution in [3.05, 3.63) is 0 Å². The Balaban J connectivity index is 3.11. The SMILES string of the molecule is CNCCC(=N)C=O. The lowest BCUT2D eigenvalue weighted by Gasteiger charge is -1.91. The van der Waals surface area contributed by atoms with E-state index in [1.54, 1.807) is 7.05 Å². The zero-order valence-corrected chi connectivity index (χ0v) is 4.90. The molecule has 2 N–H and O–H groups in total. The third-order valence-corrected chi connectivity index (χ3v) is 0.787. The average Bonchev–Trinajstić information content (AvgIpc) is 1.83. The summed E-state index contributed by atoms with van der Waals surface area (Å²) in [5.41, 5.74) is 0.152. The van der Waals surface area contributed by atoms with Gasteiger partial charge in [0, 0.05) is 13.0 Å². The van der Waals surface area contributed by atoms with Crippen molar-refractivity contribution in [1.82, 2.24) is 5.32 Å². The van der Waals surface area contributed by atoms with Crippen LogP contribution in [0.3, 0.4) is 0 Å². The lowest BCUT2D eigenvalue weighted by molar-refractivity contribution is -0.102. The quantitative estimate of drug-likeness (QED) is 0.393. The van der Waals surface area contributed by atoms with Crippen LogP contribution in [0.4, 0.5) is 0 Å². The molecule has 0 spiro atoms. The van der Waals surface area contributed by atoms with E-state index >= 15 is 0 Å². The average molecular weight is 114 g/mol. The summed E-state index contributed by atoms with van der Waals surface area (Å²) in [5.74, 6) is 0. The second-order valence-electron chi connectivity index (χ2n) is 1.50. The van der Waals surface area contributed by atoms with Gasteiger partial charge in [-0.25, -0.2) is 0 Å². The predicted octanol–water partition coefficient (Wildman–Crippen LogP) is -0.185. The number of aldehydes is 1. The molecule has 0 radical (unpaired) electrons. The van der Waals surface area contributed by atoms with Crippen molar-refractivity contribution < 1.29 is 4.79 Å². The summed E-state index contributed by atoms with van der Waals surface area (Å²) < 4.78 is 0. The fraction of sp³-hybridized carbons (Fsp3) is 0.600. The number of nitrogens with one attached hydrogen (secondary N) is 2. The van der Waals surface area contributed by atoms with Gasteiger partial charge >= 0.3 is 0 Å². The maximum absolute atomic E-state index is 9.76. The van der Waals surface area contributed by atoms with Gasteiger partial charge in [0.2, 0.25) is 0 Å². The highest BCUT2D eigenvalue weighted by Gasteiger charge is 1.89. The minimum Gasteiger partial charge on any atom is -0.319 e. The van der Waals surface area contributed by atoms with E-state index in [1.165, 1.54) is 0 Å². The minimum atomic E-state index is 0.152. The molecule has 0 atom stereocenters. The van der Waals surface area contributed by atoms with Crippen LogP contribution in [0.15, 0.2) is 0 Å². The van der Waals surface area contributed by atoms with E-state index in [0.717, 1.165) is 0 Å². The number of carbonyl (C=O) groups excluding carboxylic acids is 1. The van der Waals surface area contributed by atoms with E-state index < -0.39 is 0 Å². The highest BCUT2D eigenvalue weighted by molar-refractivity contribution is 6.26. The largest absolute Gasteiger partial charge is 0.319 e. The van der Waals surface area contributed by atoms with Crippen molar-refractivity contribution in [2.24, 2.45) is 0 Å². The van der Waals surface area contributed by atoms with Gasteiger partial charge in [0.25, 0.3) is 0 Å². The fourth-order valence-corrected chi connectivity index (χ4v) is 0.319. The Kier molecular flexibility index (Phi) is 4.07. The van der Waals surface area contributed by atoms with Gasteiger partial charge < -0.3 is 10.7 Å². The van der Waals surface area contributed by atoms with Crippen LogP contribution >= 0.6 is 0 Å². The van der Waals surface area contributed by atoms with Crippen molar-refractivity contribution in [2.45, 2.75) is 6.42 Å². The normalized spacial score (nSPS) is 8.62. The molecule has 0 unspecified atom stereocenters. The van der Waals surface area contributed by atoms with Crippen molar-refractivity contribution in [3.8, 4) is 0 Å². The molecule has 46 valence electrons. The maximum atomic E-state index is 9.76. The van der Waals surface area contributed by atoms with Gasteiger partial charge in [-0.3, -0.25) is 4.79 Å². The lowest BCUT2D eigenvalue weighted by atomic mass is 10.3. The van der Waals surface area contributed by atoms with Crippen LogP contribution in [-0.4, -0.2) is 25.6 Å².